The SMILES string of the molecule is CCN1NC2C=C(N3CCOc4cc(C(=O)N5CCC5)cnc43)C=CN2C1=O. The standard InChI is InChI=1S/C19H22N6O3/c1-2-25-19(27)24-7-4-14(11-16(24)21-25)23-8-9-28-15-10-13(12-20-17(15)23)18(26)22-5-3-6-22/h4,7,10-12,16,21H,2-3,5-6,8-9H2,1H3. The van der Waals surface area contributed by atoms with Gasteiger partial charge in [0.1, 0.15) is 12.8 Å². The molecule has 0 aliphatic carbocycles. The number of urea groups is 1. The molecule has 4 aliphatic rings. The van der Waals surface area contributed by atoms with Crippen LogP contribution in [0.15, 0.2) is 36.3 Å². The van der Waals surface area contributed by atoms with Gasteiger partial charge in [0.2, 0.25) is 0 Å². The minimum atomic E-state index is -0.217. The number of anilines is 1. The Kier molecular flexibility index (Phi) is 3.97. The van der Waals surface area contributed by atoms with Crippen molar-refractivity contribution in [2.45, 2.75) is 19.5 Å². The van der Waals surface area contributed by atoms with E-state index in [0.717, 1.165) is 25.2 Å². The molecular weight excluding hydrogens is 360 g/mol. The van der Waals surface area contributed by atoms with Crippen molar-refractivity contribution in [3.63, 3.8) is 0 Å². The van der Waals surface area contributed by atoms with Gasteiger partial charge in [0.25, 0.3) is 5.91 Å². The van der Waals surface area contributed by atoms with E-state index in [0.29, 0.717) is 36.8 Å². The molecular formula is C19H22N6O3. The van der Waals surface area contributed by atoms with E-state index in [-0.39, 0.29) is 18.1 Å². The number of fused-ring (bicyclic) bond motifs is 2. The van der Waals surface area contributed by atoms with Crippen molar-refractivity contribution in [3.05, 3.63) is 41.9 Å². The van der Waals surface area contributed by atoms with Gasteiger partial charge in [-0.2, -0.15) is 0 Å². The molecule has 1 atom stereocenters. The van der Waals surface area contributed by atoms with E-state index in [1.165, 1.54) is 0 Å². The van der Waals surface area contributed by atoms with Crippen molar-refractivity contribution in [2.75, 3.05) is 37.7 Å². The van der Waals surface area contributed by atoms with Crippen LogP contribution < -0.4 is 15.1 Å². The van der Waals surface area contributed by atoms with Gasteiger partial charge in [-0.15, -0.1) is 0 Å². The molecule has 0 saturated carbocycles. The van der Waals surface area contributed by atoms with Crippen molar-refractivity contribution < 1.29 is 14.3 Å². The maximum atomic E-state index is 12.5. The number of carbonyl (C=O) groups excluding carboxylic acids is 2. The average molecular weight is 382 g/mol. The average Bonchev–Trinajstić information content (AvgIpc) is 3.01. The minimum Gasteiger partial charge on any atom is -0.488 e. The third-order valence-electron chi connectivity index (χ3n) is 5.45. The molecule has 0 spiro atoms. The zero-order chi connectivity index (χ0) is 19.3. The first-order valence-electron chi connectivity index (χ1n) is 9.61. The fourth-order valence-electron chi connectivity index (χ4n) is 3.76. The summed E-state index contributed by atoms with van der Waals surface area (Å²) in [7, 11) is 0. The first kappa shape index (κ1) is 17.1. The quantitative estimate of drug-likeness (QED) is 0.844. The maximum Gasteiger partial charge on any atom is 0.340 e. The number of carbonyl (C=O) groups is 2. The third-order valence-corrected chi connectivity index (χ3v) is 5.45. The smallest absolute Gasteiger partial charge is 0.340 e. The highest BCUT2D eigenvalue weighted by molar-refractivity contribution is 5.95. The van der Waals surface area contributed by atoms with Gasteiger partial charge in [-0.3, -0.25) is 14.7 Å². The number of hydrogen-bond acceptors (Lipinski definition) is 6. The van der Waals surface area contributed by atoms with Crippen LogP contribution in [0, 0.1) is 0 Å². The number of hydrogen-bond donors (Lipinski definition) is 1. The first-order valence-corrected chi connectivity index (χ1v) is 9.61. The van der Waals surface area contributed by atoms with Gasteiger partial charge in [0.15, 0.2) is 11.6 Å². The number of allylic oxidation sites excluding steroid dienone is 1. The number of amides is 3. The molecule has 0 aromatic carbocycles. The number of rotatable bonds is 3. The highest BCUT2D eigenvalue weighted by Crippen LogP contribution is 2.34. The molecule has 4 aliphatic heterocycles. The number of likely N-dealkylation sites (tertiary alicyclic amines) is 1. The van der Waals surface area contributed by atoms with E-state index in [2.05, 4.69) is 15.3 Å². The Hall–Kier alpha value is -3.07. The van der Waals surface area contributed by atoms with Crippen molar-refractivity contribution in [3.8, 4) is 5.75 Å². The Balaban J connectivity index is 1.41. The van der Waals surface area contributed by atoms with Gasteiger partial charge in [0, 0.05) is 37.7 Å². The lowest BCUT2D eigenvalue weighted by Gasteiger charge is -2.34. The van der Waals surface area contributed by atoms with Crippen LogP contribution in [0.25, 0.3) is 0 Å². The molecule has 3 amide bonds. The zero-order valence-corrected chi connectivity index (χ0v) is 15.7. The molecule has 1 unspecified atom stereocenters. The third kappa shape index (κ3) is 2.62. The Bertz CT molecular complexity index is 894. The highest BCUT2D eigenvalue weighted by Gasteiger charge is 2.36. The largest absolute Gasteiger partial charge is 0.488 e. The van der Waals surface area contributed by atoms with Crippen LogP contribution in [-0.2, 0) is 0 Å². The number of nitrogens with one attached hydrogen (secondary N) is 1. The molecule has 9 nitrogen and oxygen atoms in total. The molecule has 2 fully saturated rings. The zero-order valence-electron chi connectivity index (χ0n) is 15.7. The Labute approximate surface area is 162 Å². The van der Waals surface area contributed by atoms with E-state index in [1.54, 1.807) is 28.4 Å². The van der Waals surface area contributed by atoms with E-state index >= 15 is 0 Å². The molecule has 1 N–H and O–H groups in total. The van der Waals surface area contributed by atoms with Crippen molar-refractivity contribution in [2.24, 2.45) is 0 Å². The molecule has 0 radical (unpaired) electrons. The van der Waals surface area contributed by atoms with Gasteiger partial charge in [-0.1, -0.05) is 0 Å². The molecule has 5 rings (SSSR count). The Morgan fingerprint density at radius 1 is 1.36 bits per heavy atom. The van der Waals surface area contributed by atoms with Crippen molar-refractivity contribution >= 4 is 17.8 Å². The van der Waals surface area contributed by atoms with Crippen LogP contribution in [0.2, 0.25) is 0 Å². The van der Waals surface area contributed by atoms with E-state index < -0.39 is 0 Å². The van der Waals surface area contributed by atoms with Gasteiger partial charge < -0.3 is 14.5 Å². The molecule has 1 aromatic rings. The number of aromatic nitrogens is 1. The lowest BCUT2D eigenvalue weighted by atomic mass is 10.1. The predicted molar refractivity (Wildman–Crippen MR) is 101 cm³/mol. The van der Waals surface area contributed by atoms with Crippen LogP contribution in [0.5, 0.6) is 5.75 Å². The topological polar surface area (TPSA) is 81.2 Å². The van der Waals surface area contributed by atoms with Crippen LogP contribution in [0.3, 0.4) is 0 Å². The summed E-state index contributed by atoms with van der Waals surface area (Å²) in [5.74, 6) is 1.30. The second kappa shape index (κ2) is 6.52. The number of ether oxygens (including phenoxy) is 1. The summed E-state index contributed by atoms with van der Waals surface area (Å²) in [5.41, 5.74) is 4.69. The van der Waals surface area contributed by atoms with Crippen LogP contribution in [-0.4, -0.2) is 70.7 Å². The fraction of sp³-hybridized carbons (Fsp3) is 0.421. The minimum absolute atomic E-state index is 0.00279. The number of hydrazine groups is 1. The van der Waals surface area contributed by atoms with Gasteiger partial charge in [-0.25, -0.2) is 15.2 Å². The Morgan fingerprint density at radius 2 is 2.21 bits per heavy atom. The fourth-order valence-corrected chi connectivity index (χ4v) is 3.76. The van der Waals surface area contributed by atoms with Crippen molar-refractivity contribution in [1.29, 1.82) is 0 Å². The summed E-state index contributed by atoms with van der Waals surface area (Å²) >= 11 is 0. The van der Waals surface area contributed by atoms with E-state index in [1.807, 2.05) is 24.0 Å². The van der Waals surface area contributed by atoms with Gasteiger partial charge >= 0.3 is 6.03 Å². The monoisotopic (exact) mass is 382 g/mol. The van der Waals surface area contributed by atoms with E-state index in [4.69, 9.17) is 4.74 Å². The predicted octanol–water partition coefficient (Wildman–Crippen LogP) is 1.13. The summed E-state index contributed by atoms with van der Waals surface area (Å²) in [5, 5.41) is 1.59. The Morgan fingerprint density at radius 3 is 2.96 bits per heavy atom. The normalized spacial score (nSPS) is 23.1. The second-order valence-electron chi connectivity index (χ2n) is 7.11. The number of nitrogens with zero attached hydrogens (tertiary/aromatic N) is 5. The molecule has 2 saturated heterocycles. The van der Waals surface area contributed by atoms with Crippen LogP contribution >= 0.6 is 0 Å². The summed E-state index contributed by atoms with van der Waals surface area (Å²) in [6, 6.07) is 1.72. The first-order chi connectivity index (χ1) is 13.7. The number of pyridine rings is 1. The summed E-state index contributed by atoms with van der Waals surface area (Å²) in [6.45, 7) is 5.28. The van der Waals surface area contributed by atoms with Crippen molar-refractivity contribution in [1.82, 2.24) is 25.2 Å². The summed E-state index contributed by atoms with van der Waals surface area (Å²) in [6.07, 6.45) is 8.16. The lowest BCUT2D eigenvalue weighted by molar-refractivity contribution is 0.0651. The summed E-state index contributed by atoms with van der Waals surface area (Å²) < 4.78 is 5.79. The highest BCUT2D eigenvalue weighted by atomic mass is 16.5. The molecule has 5 heterocycles. The maximum absolute atomic E-state index is 12.5. The molecule has 0 bridgehead atoms. The van der Waals surface area contributed by atoms with E-state index in [9.17, 15) is 9.59 Å². The molecule has 9 heteroatoms. The van der Waals surface area contributed by atoms with Crippen LogP contribution in [0.4, 0.5) is 10.6 Å². The lowest BCUT2D eigenvalue weighted by Crippen LogP contribution is -2.42. The molecule has 1 aromatic heterocycles. The van der Waals surface area contributed by atoms with Gasteiger partial charge in [0.05, 0.1) is 12.1 Å². The van der Waals surface area contributed by atoms with Gasteiger partial charge in [-0.05, 0) is 31.6 Å². The molecule has 28 heavy (non-hydrogen) atoms. The van der Waals surface area contributed by atoms with Crippen LogP contribution in [0.1, 0.15) is 23.7 Å². The molecule has 146 valence electrons. The second-order valence-corrected chi connectivity index (χ2v) is 7.11. The summed E-state index contributed by atoms with van der Waals surface area (Å²) in [4.78, 5) is 34.8.